The summed E-state index contributed by atoms with van der Waals surface area (Å²) in [4.78, 5) is 4.30. The van der Waals surface area contributed by atoms with Crippen LogP contribution in [0.5, 0.6) is 0 Å². The summed E-state index contributed by atoms with van der Waals surface area (Å²) in [6.45, 7) is 2.22. The molecule has 1 atom stereocenters. The molecule has 2 aromatic heterocycles. The Kier molecular flexibility index (Phi) is 2.62. The molecule has 1 aliphatic heterocycles. The lowest BCUT2D eigenvalue weighted by molar-refractivity contribution is 0.00755. The van der Waals surface area contributed by atoms with Crippen molar-refractivity contribution < 1.29 is 9.26 Å². The highest BCUT2D eigenvalue weighted by molar-refractivity contribution is 5.46. The second-order valence-electron chi connectivity index (χ2n) is 3.89. The number of aryl methyl sites for hydroxylation is 1. The van der Waals surface area contributed by atoms with Gasteiger partial charge < -0.3 is 14.6 Å². The van der Waals surface area contributed by atoms with E-state index in [1.165, 1.54) is 0 Å². The molecule has 1 saturated heterocycles. The molecule has 3 heterocycles. The Bertz CT molecular complexity index is 500. The summed E-state index contributed by atoms with van der Waals surface area (Å²) in [6, 6.07) is 1.84. The monoisotopic (exact) mass is 235 g/mol. The van der Waals surface area contributed by atoms with Gasteiger partial charge in [0.05, 0.1) is 6.61 Å². The van der Waals surface area contributed by atoms with Crippen LogP contribution in [0.3, 0.4) is 0 Å². The SMILES string of the molecule is Cn1ccc(-c2noc(C3CNCCO3)n2)n1. The summed E-state index contributed by atoms with van der Waals surface area (Å²) >= 11 is 0. The maximum absolute atomic E-state index is 5.53. The molecule has 0 aliphatic carbocycles. The topological polar surface area (TPSA) is 78.0 Å². The van der Waals surface area contributed by atoms with Gasteiger partial charge in [-0.1, -0.05) is 5.16 Å². The van der Waals surface area contributed by atoms with E-state index in [-0.39, 0.29) is 6.10 Å². The van der Waals surface area contributed by atoms with Crippen LogP contribution >= 0.6 is 0 Å². The molecule has 1 aliphatic rings. The van der Waals surface area contributed by atoms with E-state index in [0.717, 1.165) is 6.54 Å². The van der Waals surface area contributed by atoms with E-state index in [1.807, 2.05) is 19.3 Å². The molecule has 17 heavy (non-hydrogen) atoms. The first kappa shape index (κ1) is 10.4. The van der Waals surface area contributed by atoms with Gasteiger partial charge in [-0.2, -0.15) is 10.1 Å². The Balaban J connectivity index is 1.82. The molecule has 3 rings (SSSR count). The largest absolute Gasteiger partial charge is 0.366 e. The molecule has 0 aromatic carbocycles. The number of nitrogens with one attached hydrogen (secondary N) is 1. The molecule has 7 heteroatoms. The fourth-order valence-corrected chi connectivity index (χ4v) is 1.73. The minimum absolute atomic E-state index is 0.159. The minimum atomic E-state index is -0.159. The Hall–Kier alpha value is -1.73. The zero-order valence-corrected chi connectivity index (χ0v) is 9.46. The van der Waals surface area contributed by atoms with E-state index in [1.54, 1.807) is 4.68 Å². The predicted octanol–water partition coefficient (Wildman–Crippen LogP) is 0.131. The van der Waals surface area contributed by atoms with E-state index in [9.17, 15) is 0 Å². The van der Waals surface area contributed by atoms with Gasteiger partial charge in [0, 0.05) is 26.3 Å². The summed E-state index contributed by atoms with van der Waals surface area (Å²) in [5.74, 6) is 0.993. The molecule has 2 aromatic rings. The Morgan fingerprint density at radius 1 is 1.53 bits per heavy atom. The molecular formula is C10H13N5O2. The zero-order chi connectivity index (χ0) is 11.7. The fraction of sp³-hybridized carbons (Fsp3) is 0.500. The molecular weight excluding hydrogens is 222 g/mol. The number of aromatic nitrogens is 4. The lowest BCUT2D eigenvalue weighted by Gasteiger charge is -2.19. The van der Waals surface area contributed by atoms with Crippen LogP contribution in [-0.2, 0) is 11.8 Å². The van der Waals surface area contributed by atoms with Crippen molar-refractivity contribution >= 4 is 0 Å². The zero-order valence-electron chi connectivity index (χ0n) is 9.46. The Morgan fingerprint density at radius 2 is 2.47 bits per heavy atom. The quantitative estimate of drug-likeness (QED) is 0.797. The van der Waals surface area contributed by atoms with E-state index in [4.69, 9.17) is 9.26 Å². The van der Waals surface area contributed by atoms with Gasteiger partial charge >= 0.3 is 0 Å². The van der Waals surface area contributed by atoms with Crippen molar-refractivity contribution in [1.29, 1.82) is 0 Å². The van der Waals surface area contributed by atoms with Crippen molar-refractivity contribution in [1.82, 2.24) is 25.2 Å². The first-order valence-corrected chi connectivity index (χ1v) is 5.49. The van der Waals surface area contributed by atoms with Gasteiger partial charge in [0.25, 0.3) is 5.89 Å². The van der Waals surface area contributed by atoms with Gasteiger partial charge in [0.1, 0.15) is 11.8 Å². The van der Waals surface area contributed by atoms with Crippen LogP contribution in [0.1, 0.15) is 12.0 Å². The summed E-state index contributed by atoms with van der Waals surface area (Å²) in [6.07, 6.45) is 1.68. The number of nitrogens with zero attached hydrogens (tertiary/aromatic N) is 4. The van der Waals surface area contributed by atoms with Gasteiger partial charge in [0.15, 0.2) is 0 Å². The normalized spacial score (nSPS) is 20.6. The summed E-state index contributed by atoms with van der Waals surface area (Å²) in [7, 11) is 1.85. The van der Waals surface area contributed by atoms with Crippen LogP contribution in [0.4, 0.5) is 0 Å². The molecule has 7 nitrogen and oxygen atoms in total. The minimum Gasteiger partial charge on any atom is -0.366 e. The molecule has 0 amide bonds. The Morgan fingerprint density at radius 3 is 3.18 bits per heavy atom. The van der Waals surface area contributed by atoms with Gasteiger partial charge in [-0.05, 0) is 6.07 Å². The molecule has 1 fully saturated rings. The molecule has 0 bridgehead atoms. The van der Waals surface area contributed by atoms with Gasteiger partial charge in [-0.3, -0.25) is 4.68 Å². The first-order valence-electron chi connectivity index (χ1n) is 5.49. The Labute approximate surface area is 97.8 Å². The summed E-state index contributed by atoms with van der Waals surface area (Å²) in [5, 5.41) is 11.3. The third kappa shape index (κ3) is 2.06. The molecule has 90 valence electrons. The average Bonchev–Trinajstić information content (AvgIpc) is 2.98. The molecule has 0 saturated carbocycles. The van der Waals surface area contributed by atoms with Gasteiger partial charge in [-0.25, -0.2) is 0 Å². The van der Waals surface area contributed by atoms with E-state index in [2.05, 4.69) is 20.6 Å². The first-order chi connectivity index (χ1) is 8.33. The number of rotatable bonds is 2. The van der Waals surface area contributed by atoms with Crippen molar-refractivity contribution in [2.24, 2.45) is 7.05 Å². The van der Waals surface area contributed by atoms with Crippen molar-refractivity contribution in [3.63, 3.8) is 0 Å². The number of morpholine rings is 1. The lowest BCUT2D eigenvalue weighted by atomic mass is 10.3. The molecule has 1 N–H and O–H groups in total. The maximum atomic E-state index is 5.53. The third-order valence-corrected chi connectivity index (χ3v) is 2.59. The van der Waals surface area contributed by atoms with E-state index < -0.39 is 0 Å². The van der Waals surface area contributed by atoms with Crippen molar-refractivity contribution in [3.05, 3.63) is 18.2 Å². The van der Waals surface area contributed by atoms with Crippen LogP contribution < -0.4 is 5.32 Å². The van der Waals surface area contributed by atoms with E-state index >= 15 is 0 Å². The highest BCUT2D eigenvalue weighted by Gasteiger charge is 2.22. The third-order valence-electron chi connectivity index (χ3n) is 2.59. The summed E-state index contributed by atoms with van der Waals surface area (Å²) < 4.78 is 12.4. The van der Waals surface area contributed by atoms with Crippen molar-refractivity contribution in [2.75, 3.05) is 19.7 Å². The fourth-order valence-electron chi connectivity index (χ4n) is 1.73. The van der Waals surface area contributed by atoms with E-state index in [0.29, 0.717) is 30.6 Å². The van der Waals surface area contributed by atoms with Crippen LogP contribution in [0.2, 0.25) is 0 Å². The molecule has 0 radical (unpaired) electrons. The van der Waals surface area contributed by atoms with Crippen molar-refractivity contribution in [2.45, 2.75) is 6.10 Å². The van der Waals surface area contributed by atoms with Crippen molar-refractivity contribution in [3.8, 4) is 11.5 Å². The van der Waals surface area contributed by atoms with Gasteiger partial charge in [-0.15, -0.1) is 0 Å². The smallest absolute Gasteiger partial charge is 0.257 e. The molecule has 1 unspecified atom stereocenters. The second-order valence-corrected chi connectivity index (χ2v) is 3.89. The summed E-state index contributed by atoms with van der Waals surface area (Å²) in [5.41, 5.74) is 0.700. The average molecular weight is 235 g/mol. The van der Waals surface area contributed by atoms with Crippen LogP contribution in [0.15, 0.2) is 16.8 Å². The molecule has 0 spiro atoms. The standard InChI is InChI=1S/C10H13N5O2/c1-15-4-2-7(13-15)9-12-10(17-14-9)8-6-11-3-5-16-8/h2,4,8,11H,3,5-6H2,1H3. The highest BCUT2D eigenvalue weighted by atomic mass is 16.5. The number of ether oxygens (including phenoxy) is 1. The second kappa shape index (κ2) is 4.27. The number of hydrogen-bond donors (Lipinski definition) is 1. The highest BCUT2D eigenvalue weighted by Crippen LogP contribution is 2.20. The van der Waals surface area contributed by atoms with Crippen LogP contribution in [-0.4, -0.2) is 39.6 Å². The predicted molar refractivity (Wildman–Crippen MR) is 58.1 cm³/mol. The van der Waals surface area contributed by atoms with Crippen LogP contribution in [0.25, 0.3) is 11.5 Å². The number of hydrogen-bond acceptors (Lipinski definition) is 6. The lowest BCUT2D eigenvalue weighted by Crippen LogP contribution is -2.33. The van der Waals surface area contributed by atoms with Crippen LogP contribution in [0, 0.1) is 0 Å². The maximum Gasteiger partial charge on any atom is 0.257 e. The van der Waals surface area contributed by atoms with Gasteiger partial charge in [0.2, 0.25) is 5.82 Å².